The summed E-state index contributed by atoms with van der Waals surface area (Å²) < 4.78 is 0. The number of likely N-dealkylation sites (tertiary alicyclic amines) is 1. The monoisotopic (exact) mass is 431 g/mol. The fraction of sp³-hybridized carbons (Fsp3) is 0.385. The number of fused-ring (bicyclic) bond motifs is 1. The van der Waals surface area contributed by atoms with Gasteiger partial charge in [-0.25, -0.2) is 0 Å². The molecule has 1 saturated heterocycles. The summed E-state index contributed by atoms with van der Waals surface area (Å²) in [5, 5.41) is 13.7. The van der Waals surface area contributed by atoms with Gasteiger partial charge in [0.1, 0.15) is 5.75 Å². The van der Waals surface area contributed by atoms with Gasteiger partial charge in [0.2, 0.25) is 5.91 Å². The molecule has 1 aliphatic carbocycles. The van der Waals surface area contributed by atoms with Crippen molar-refractivity contribution < 1.29 is 14.7 Å². The number of piperidine rings is 1. The number of aromatic nitrogens is 1. The summed E-state index contributed by atoms with van der Waals surface area (Å²) in [4.78, 5) is 30.8. The lowest BCUT2D eigenvalue weighted by atomic mass is 9.88. The van der Waals surface area contributed by atoms with Crippen molar-refractivity contribution in [1.29, 1.82) is 0 Å². The Hall–Kier alpha value is -3.28. The van der Waals surface area contributed by atoms with Gasteiger partial charge in [-0.05, 0) is 73.6 Å². The average Bonchev–Trinajstić information content (AvgIpc) is 3.49. The number of phenols is 1. The van der Waals surface area contributed by atoms with E-state index in [0.29, 0.717) is 17.4 Å². The molecule has 0 unspecified atom stereocenters. The summed E-state index contributed by atoms with van der Waals surface area (Å²) in [6.45, 7) is 1.64. The Kier molecular flexibility index (Phi) is 5.60. The Morgan fingerprint density at radius 3 is 2.53 bits per heavy atom. The minimum atomic E-state index is -0.254. The smallest absolute Gasteiger partial charge is 0.255 e. The Morgan fingerprint density at radius 1 is 1.00 bits per heavy atom. The highest BCUT2D eigenvalue weighted by Gasteiger charge is 2.31. The van der Waals surface area contributed by atoms with E-state index in [1.54, 1.807) is 18.2 Å². The number of carbonyl (C=O) groups is 2. The highest BCUT2D eigenvalue weighted by atomic mass is 16.3. The van der Waals surface area contributed by atoms with Gasteiger partial charge in [0, 0.05) is 47.4 Å². The largest absolute Gasteiger partial charge is 0.508 e. The highest BCUT2D eigenvalue weighted by Crippen LogP contribution is 2.36. The minimum Gasteiger partial charge on any atom is -0.508 e. The van der Waals surface area contributed by atoms with Crippen molar-refractivity contribution in [3.05, 3.63) is 59.8 Å². The molecule has 0 bridgehead atoms. The van der Waals surface area contributed by atoms with Crippen LogP contribution in [0.25, 0.3) is 10.9 Å². The summed E-state index contributed by atoms with van der Waals surface area (Å²) in [5.74, 6) is 0.817. The fourth-order valence-corrected chi connectivity index (χ4v) is 5.25. The number of benzene rings is 2. The third-order valence-electron chi connectivity index (χ3n) is 7.03. The van der Waals surface area contributed by atoms with Crippen LogP contribution < -0.4 is 5.32 Å². The molecule has 1 aliphatic heterocycles. The molecule has 2 heterocycles. The van der Waals surface area contributed by atoms with E-state index in [-0.39, 0.29) is 17.6 Å². The van der Waals surface area contributed by atoms with Crippen LogP contribution in [0.2, 0.25) is 0 Å². The number of nitrogens with one attached hydrogen (secondary N) is 2. The van der Waals surface area contributed by atoms with Crippen molar-refractivity contribution in [1.82, 2.24) is 9.88 Å². The first-order chi connectivity index (χ1) is 15.6. The fourth-order valence-electron chi connectivity index (χ4n) is 5.25. The first-order valence-corrected chi connectivity index (χ1v) is 11.6. The molecular weight excluding hydrogens is 402 g/mol. The zero-order valence-corrected chi connectivity index (χ0v) is 18.1. The summed E-state index contributed by atoms with van der Waals surface area (Å²) >= 11 is 0. The second-order valence-electron chi connectivity index (χ2n) is 9.09. The number of nitrogens with zero attached hydrogens (tertiary/aromatic N) is 1. The second-order valence-corrected chi connectivity index (χ2v) is 9.09. The van der Waals surface area contributed by atoms with E-state index in [1.165, 1.54) is 24.5 Å². The van der Waals surface area contributed by atoms with Gasteiger partial charge in [-0.15, -0.1) is 0 Å². The SMILES string of the molecule is O=C(Nc1ccc2[nH]cc(C3CCN(C(=O)C4CCCC4)CC3)c2c1)c1cccc(O)c1. The molecule has 2 aliphatic rings. The molecule has 0 spiro atoms. The van der Waals surface area contributed by atoms with Crippen LogP contribution in [-0.2, 0) is 4.79 Å². The molecule has 6 nitrogen and oxygen atoms in total. The van der Waals surface area contributed by atoms with Crippen LogP contribution in [0.15, 0.2) is 48.7 Å². The van der Waals surface area contributed by atoms with Gasteiger partial charge in [-0.1, -0.05) is 18.9 Å². The molecule has 1 aromatic heterocycles. The van der Waals surface area contributed by atoms with Crippen LogP contribution in [0.1, 0.15) is 60.4 Å². The van der Waals surface area contributed by atoms with E-state index >= 15 is 0 Å². The van der Waals surface area contributed by atoms with Gasteiger partial charge in [0.25, 0.3) is 5.91 Å². The first kappa shape index (κ1) is 20.6. The minimum absolute atomic E-state index is 0.0683. The molecule has 6 heteroatoms. The van der Waals surface area contributed by atoms with E-state index in [9.17, 15) is 14.7 Å². The van der Waals surface area contributed by atoms with Gasteiger partial charge < -0.3 is 20.3 Å². The number of hydrogen-bond donors (Lipinski definition) is 3. The number of H-pyrrole nitrogens is 1. The molecule has 0 radical (unpaired) electrons. The number of anilines is 1. The van der Waals surface area contributed by atoms with Crippen molar-refractivity contribution in [3.8, 4) is 5.75 Å². The molecule has 5 rings (SSSR count). The van der Waals surface area contributed by atoms with E-state index in [4.69, 9.17) is 0 Å². The van der Waals surface area contributed by atoms with E-state index < -0.39 is 0 Å². The van der Waals surface area contributed by atoms with Gasteiger partial charge in [0.15, 0.2) is 0 Å². The zero-order valence-electron chi connectivity index (χ0n) is 18.1. The lowest BCUT2D eigenvalue weighted by molar-refractivity contribution is -0.136. The van der Waals surface area contributed by atoms with E-state index in [1.807, 2.05) is 18.2 Å². The van der Waals surface area contributed by atoms with Crippen molar-refractivity contribution in [2.75, 3.05) is 18.4 Å². The standard InChI is InChI=1S/C26H29N3O3/c30-21-7-3-6-19(14-21)25(31)28-20-8-9-24-22(15-20)23(16-27-24)17-10-12-29(13-11-17)26(32)18-4-1-2-5-18/h3,6-9,14-18,27,30H,1-2,4-5,10-13H2,(H,28,31). The summed E-state index contributed by atoms with van der Waals surface area (Å²) in [6, 6.07) is 12.2. The normalized spacial score (nSPS) is 17.7. The van der Waals surface area contributed by atoms with Gasteiger partial charge in [-0.3, -0.25) is 9.59 Å². The van der Waals surface area contributed by atoms with Crippen molar-refractivity contribution >= 4 is 28.4 Å². The molecular formula is C26H29N3O3. The maximum atomic E-state index is 12.8. The van der Waals surface area contributed by atoms with Gasteiger partial charge in [0.05, 0.1) is 0 Å². The maximum absolute atomic E-state index is 12.8. The number of amides is 2. The number of aromatic amines is 1. The second kappa shape index (κ2) is 8.69. The van der Waals surface area contributed by atoms with Crippen LogP contribution >= 0.6 is 0 Å². The summed E-state index contributed by atoms with van der Waals surface area (Å²) in [6.07, 6.45) is 8.48. The Labute approximate surface area is 187 Å². The highest BCUT2D eigenvalue weighted by molar-refractivity contribution is 6.05. The molecule has 3 N–H and O–H groups in total. The third-order valence-corrected chi connectivity index (χ3v) is 7.03. The van der Waals surface area contributed by atoms with Gasteiger partial charge >= 0.3 is 0 Å². The molecule has 1 saturated carbocycles. The Balaban J connectivity index is 1.29. The van der Waals surface area contributed by atoms with Crippen LogP contribution in [0.4, 0.5) is 5.69 Å². The quantitative estimate of drug-likeness (QED) is 0.542. The lowest BCUT2D eigenvalue weighted by Crippen LogP contribution is -2.40. The van der Waals surface area contributed by atoms with Crippen LogP contribution in [0, 0.1) is 5.92 Å². The first-order valence-electron chi connectivity index (χ1n) is 11.6. The predicted molar refractivity (Wildman–Crippen MR) is 125 cm³/mol. The molecule has 2 fully saturated rings. The number of rotatable bonds is 4. The van der Waals surface area contributed by atoms with Crippen molar-refractivity contribution in [3.63, 3.8) is 0 Å². The maximum Gasteiger partial charge on any atom is 0.255 e. The summed E-state index contributed by atoms with van der Waals surface area (Å²) in [7, 11) is 0. The summed E-state index contributed by atoms with van der Waals surface area (Å²) in [5.41, 5.74) is 3.43. The number of hydrogen-bond acceptors (Lipinski definition) is 3. The molecule has 0 atom stereocenters. The Bertz CT molecular complexity index is 1140. The molecule has 2 amide bonds. The molecule has 166 valence electrons. The lowest BCUT2D eigenvalue weighted by Gasteiger charge is -2.33. The van der Waals surface area contributed by atoms with E-state index in [0.717, 1.165) is 55.4 Å². The van der Waals surface area contributed by atoms with Gasteiger partial charge in [-0.2, -0.15) is 0 Å². The van der Waals surface area contributed by atoms with Crippen LogP contribution in [0.5, 0.6) is 5.75 Å². The topological polar surface area (TPSA) is 85.4 Å². The third kappa shape index (κ3) is 4.09. The molecule has 2 aromatic carbocycles. The van der Waals surface area contributed by atoms with Crippen molar-refractivity contribution in [2.45, 2.75) is 44.4 Å². The number of aromatic hydroxyl groups is 1. The number of carbonyl (C=O) groups excluding carboxylic acids is 2. The average molecular weight is 432 g/mol. The Morgan fingerprint density at radius 2 is 1.78 bits per heavy atom. The predicted octanol–water partition coefficient (Wildman–Crippen LogP) is 5.02. The molecule has 3 aromatic rings. The van der Waals surface area contributed by atoms with Crippen LogP contribution in [-0.4, -0.2) is 39.9 Å². The zero-order chi connectivity index (χ0) is 22.1. The van der Waals surface area contributed by atoms with Crippen molar-refractivity contribution in [2.24, 2.45) is 5.92 Å². The molecule has 32 heavy (non-hydrogen) atoms. The van der Waals surface area contributed by atoms with Crippen LogP contribution in [0.3, 0.4) is 0 Å². The van der Waals surface area contributed by atoms with E-state index in [2.05, 4.69) is 21.4 Å². The number of phenolic OH excluding ortho intramolecular Hbond substituents is 1.